The van der Waals surface area contributed by atoms with Gasteiger partial charge in [0.2, 0.25) is 5.91 Å². The highest BCUT2D eigenvalue weighted by molar-refractivity contribution is 6.15. The molecule has 0 spiro atoms. The molecule has 1 unspecified atom stereocenters. The standard InChI is InChI=1S/C14H17N3O4/c1-14(12(19)15-8-11(18)17(2)3)13(20)16-9-6-4-5-7-10(9)21-14/h4-7H,8H2,1-3H3,(H,15,19)(H,16,20). The first-order valence-corrected chi connectivity index (χ1v) is 6.42. The predicted molar refractivity (Wildman–Crippen MR) is 75.8 cm³/mol. The van der Waals surface area contributed by atoms with Crippen LogP contribution in [-0.2, 0) is 14.4 Å². The number of carbonyl (C=O) groups is 3. The van der Waals surface area contributed by atoms with Gasteiger partial charge < -0.3 is 20.3 Å². The van der Waals surface area contributed by atoms with Crippen molar-refractivity contribution in [1.82, 2.24) is 10.2 Å². The van der Waals surface area contributed by atoms with Crippen LogP contribution in [0.1, 0.15) is 6.92 Å². The highest BCUT2D eigenvalue weighted by Gasteiger charge is 2.47. The van der Waals surface area contributed by atoms with E-state index in [-0.39, 0.29) is 12.5 Å². The molecular formula is C14H17N3O4. The van der Waals surface area contributed by atoms with Gasteiger partial charge >= 0.3 is 0 Å². The Bertz CT molecular complexity index is 600. The monoisotopic (exact) mass is 291 g/mol. The molecule has 21 heavy (non-hydrogen) atoms. The molecule has 2 rings (SSSR count). The number of benzene rings is 1. The van der Waals surface area contributed by atoms with Crippen LogP contribution < -0.4 is 15.4 Å². The molecule has 7 nitrogen and oxygen atoms in total. The van der Waals surface area contributed by atoms with E-state index in [1.807, 2.05) is 0 Å². The molecule has 1 aromatic rings. The van der Waals surface area contributed by atoms with E-state index in [4.69, 9.17) is 4.74 Å². The summed E-state index contributed by atoms with van der Waals surface area (Å²) in [6.45, 7) is 1.17. The molecular weight excluding hydrogens is 274 g/mol. The smallest absolute Gasteiger partial charge is 0.278 e. The summed E-state index contributed by atoms with van der Waals surface area (Å²) in [6, 6.07) is 6.83. The van der Waals surface area contributed by atoms with Crippen molar-refractivity contribution in [2.75, 3.05) is 26.0 Å². The number of nitrogens with zero attached hydrogens (tertiary/aromatic N) is 1. The molecule has 0 saturated heterocycles. The summed E-state index contributed by atoms with van der Waals surface area (Å²) in [4.78, 5) is 37.1. The molecule has 0 aromatic heterocycles. The van der Waals surface area contributed by atoms with Crippen molar-refractivity contribution in [3.05, 3.63) is 24.3 Å². The van der Waals surface area contributed by atoms with Crippen LogP contribution >= 0.6 is 0 Å². The zero-order valence-electron chi connectivity index (χ0n) is 12.1. The lowest BCUT2D eigenvalue weighted by Gasteiger charge is -2.33. The second kappa shape index (κ2) is 5.43. The number of anilines is 1. The van der Waals surface area contributed by atoms with Gasteiger partial charge in [0, 0.05) is 14.1 Å². The lowest BCUT2D eigenvalue weighted by molar-refractivity contribution is -0.147. The maximum Gasteiger partial charge on any atom is 0.278 e. The average Bonchev–Trinajstić information content (AvgIpc) is 2.45. The lowest BCUT2D eigenvalue weighted by atomic mass is 10.0. The molecule has 1 atom stereocenters. The van der Waals surface area contributed by atoms with E-state index in [9.17, 15) is 14.4 Å². The van der Waals surface area contributed by atoms with E-state index < -0.39 is 17.4 Å². The number of ether oxygens (including phenoxy) is 1. The molecule has 1 aliphatic heterocycles. The number of amides is 3. The van der Waals surface area contributed by atoms with Crippen molar-refractivity contribution in [1.29, 1.82) is 0 Å². The third-order valence-corrected chi connectivity index (χ3v) is 3.21. The molecule has 2 N–H and O–H groups in total. The van der Waals surface area contributed by atoms with Crippen LogP contribution in [0.3, 0.4) is 0 Å². The van der Waals surface area contributed by atoms with Gasteiger partial charge in [-0.25, -0.2) is 0 Å². The number of hydrogen-bond acceptors (Lipinski definition) is 4. The van der Waals surface area contributed by atoms with Gasteiger partial charge in [0.05, 0.1) is 12.2 Å². The van der Waals surface area contributed by atoms with Crippen molar-refractivity contribution in [3.63, 3.8) is 0 Å². The average molecular weight is 291 g/mol. The largest absolute Gasteiger partial charge is 0.466 e. The Balaban J connectivity index is 2.13. The van der Waals surface area contributed by atoms with Crippen LogP contribution in [0.4, 0.5) is 5.69 Å². The van der Waals surface area contributed by atoms with E-state index in [1.165, 1.54) is 11.8 Å². The zero-order valence-corrected chi connectivity index (χ0v) is 12.1. The predicted octanol–water partition coefficient (Wildman–Crippen LogP) is -0.0194. The Labute approximate surface area is 122 Å². The van der Waals surface area contributed by atoms with Crippen LogP contribution in [0.25, 0.3) is 0 Å². The Morgan fingerprint density at radius 3 is 2.67 bits per heavy atom. The summed E-state index contributed by atoms with van der Waals surface area (Å²) in [5.74, 6) is -1.10. The fraction of sp³-hybridized carbons (Fsp3) is 0.357. The number of nitrogens with one attached hydrogen (secondary N) is 2. The van der Waals surface area contributed by atoms with Gasteiger partial charge in [0.1, 0.15) is 5.75 Å². The molecule has 112 valence electrons. The molecule has 0 saturated carbocycles. The van der Waals surface area contributed by atoms with Crippen molar-refractivity contribution in [2.24, 2.45) is 0 Å². The summed E-state index contributed by atoms with van der Waals surface area (Å²) in [5.41, 5.74) is -1.20. The molecule has 0 aliphatic carbocycles. The van der Waals surface area contributed by atoms with Crippen molar-refractivity contribution < 1.29 is 19.1 Å². The summed E-state index contributed by atoms with van der Waals surface area (Å²) in [6.07, 6.45) is 0. The molecule has 0 fully saturated rings. The molecule has 1 aromatic carbocycles. The summed E-state index contributed by atoms with van der Waals surface area (Å²) in [7, 11) is 3.16. The van der Waals surface area contributed by atoms with E-state index >= 15 is 0 Å². The minimum absolute atomic E-state index is 0.195. The molecule has 0 bridgehead atoms. The molecule has 3 amide bonds. The first kappa shape index (κ1) is 14.8. The lowest BCUT2D eigenvalue weighted by Crippen LogP contribution is -2.59. The summed E-state index contributed by atoms with van der Waals surface area (Å²) in [5, 5.41) is 5.04. The molecule has 1 aliphatic rings. The van der Waals surface area contributed by atoms with Gasteiger partial charge in [0.15, 0.2) is 0 Å². The second-order valence-corrected chi connectivity index (χ2v) is 5.06. The van der Waals surface area contributed by atoms with Crippen molar-refractivity contribution in [2.45, 2.75) is 12.5 Å². The fourth-order valence-electron chi connectivity index (χ4n) is 1.80. The normalized spacial score (nSPS) is 19.9. The van der Waals surface area contributed by atoms with Gasteiger partial charge in [-0.2, -0.15) is 0 Å². The van der Waals surface area contributed by atoms with E-state index in [0.717, 1.165) is 0 Å². The minimum atomic E-state index is -1.71. The highest BCUT2D eigenvalue weighted by Crippen LogP contribution is 2.33. The zero-order chi connectivity index (χ0) is 15.6. The highest BCUT2D eigenvalue weighted by atomic mass is 16.5. The summed E-state index contributed by atoms with van der Waals surface area (Å²) >= 11 is 0. The third kappa shape index (κ3) is 2.81. The Kier molecular flexibility index (Phi) is 3.84. The van der Waals surface area contributed by atoms with Gasteiger partial charge in [-0.15, -0.1) is 0 Å². The topological polar surface area (TPSA) is 87.7 Å². The minimum Gasteiger partial charge on any atom is -0.466 e. The van der Waals surface area contributed by atoms with Crippen LogP contribution in [-0.4, -0.2) is 48.9 Å². The fourth-order valence-corrected chi connectivity index (χ4v) is 1.80. The quantitative estimate of drug-likeness (QED) is 0.766. The van der Waals surface area contributed by atoms with Gasteiger partial charge in [0.25, 0.3) is 17.4 Å². The van der Waals surface area contributed by atoms with Crippen molar-refractivity contribution in [3.8, 4) is 5.75 Å². The van der Waals surface area contributed by atoms with Crippen LogP contribution in [0.5, 0.6) is 5.75 Å². The van der Waals surface area contributed by atoms with E-state index in [2.05, 4.69) is 10.6 Å². The number of fused-ring (bicyclic) bond motifs is 1. The maximum atomic E-state index is 12.2. The van der Waals surface area contributed by atoms with Crippen LogP contribution in [0.2, 0.25) is 0 Å². The first-order valence-electron chi connectivity index (χ1n) is 6.42. The van der Waals surface area contributed by atoms with Gasteiger partial charge in [-0.05, 0) is 19.1 Å². The van der Waals surface area contributed by atoms with E-state index in [0.29, 0.717) is 11.4 Å². The summed E-state index contributed by atoms with van der Waals surface area (Å²) < 4.78 is 5.54. The van der Waals surface area contributed by atoms with Gasteiger partial charge in [-0.1, -0.05) is 12.1 Å². The van der Waals surface area contributed by atoms with Crippen LogP contribution in [0, 0.1) is 0 Å². The second-order valence-electron chi connectivity index (χ2n) is 5.06. The third-order valence-electron chi connectivity index (χ3n) is 3.21. The van der Waals surface area contributed by atoms with E-state index in [1.54, 1.807) is 38.4 Å². The Hall–Kier alpha value is -2.57. The number of rotatable bonds is 3. The first-order chi connectivity index (χ1) is 9.84. The number of carbonyl (C=O) groups excluding carboxylic acids is 3. The number of hydrogen-bond donors (Lipinski definition) is 2. The molecule has 7 heteroatoms. The SMILES string of the molecule is CN(C)C(=O)CNC(=O)C1(C)Oc2ccccc2NC1=O. The number of likely N-dealkylation sites (N-methyl/N-ethyl adjacent to an activating group) is 1. The Morgan fingerprint density at radius 2 is 2.00 bits per heavy atom. The number of para-hydroxylation sites is 2. The Morgan fingerprint density at radius 1 is 1.33 bits per heavy atom. The molecule has 0 radical (unpaired) electrons. The van der Waals surface area contributed by atoms with Gasteiger partial charge in [-0.3, -0.25) is 14.4 Å². The van der Waals surface area contributed by atoms with Crippen molar-refractivity contribution >= 4 is 23.4 Å². The van der Waals surface area contributed by atoms with Crippen LogP contribution in [0.15, 0.2) is 24.3 Å². The molecule has 1 heterocycles. The maximum absolute atomic E-state index is 12.2.